The molecule has 29 heavy (non-hydrogen) atoms. The third kappa shape index (κ3) is 5.06. The van der Waals surface area contributed by atoms with Crippen LogP contribution >= 0.6 is 11.6 Å². The van der Waals surface area contributed by atoms with Gasteiger partial charge in [-0.2, -0.15) is 0 Å². The Morgan fingerprint density at radius 2 is 2.00 bits per heavy atom. The molecule has 2 aromatic rings. The van der Waals surface area contributed by atoms with Gasteiger partial charge in [-0.3, -0.25) is 14.9 Å². The Labute approximate surface area is 173 Å². The van der Waals surface area contributed by atoms with Crippen LogP contribution in [-0.4, -0.2) is 36.0 Å². The van der Waals surface area contributed by atoms with E-state index in [1.54, 1.807) is 37.3 Å². The normalized spacial score (nSPS) is 13.3. The highest BCUT2D eigenvalue weighted by Gasteiger charge is 2.32. The molecule has 1 amide bonds. The molecule has 0 N–H and O–H groups in total. The van der Waals surface area contributed by atoms with Crippen LogP contribution in [0, 0.1) is 10.1 Å². The van der Waals surface area contributed by atoms with Crippen molar-refractivity contribution in [1.29, 1.82) is 0 Å². The molecule has 7 nitrogen and oxygen atoms in total. The number of amides is 1. The zero-order valence-corrected chi connectivity index (χ0v) is 16.9. The number of rotatable bonds is 8. The average molecular weight is 417 g/mol. The number of ether oxygens (including phenoxy) is 2. The lowest BCUT2D eigenvalue weighted by molar-refractivity contribution is -0.384. The number of hydrogen-bond donors (Lipinski definition) is 0. The monoisotopic (exact) mass is 416 g/mol. The minimum absolute atomic E-state index is 0.0585. The highest BCUT2D eigenvalue weighted by molar-refractivity contribution is 6.32. The summed E-state index contributed by atoms with van der Waals surface area (Å²) >= 11 is 5.83. The van der Waals surface area contributed by atoms with Gasteiger partial charge in [0, 0.05) is 23.7 Å². The van der Waals surface area contributed by atoms with Crippen molar-refractivity contribution in [3.63, 3.8) is 0 Å². The Kier molecular flexibility index (Phi) is 6.39. The summed E-state index contributed by atoms with van der Waals surface area (Å²) in [4.78, 5) is 25.1. The van der Waals surface area contributed by atoms with Gasteiger partial charge in [0.25, 0.3) is 5.69 Å². The first-order valence-corrected chi connectivity index (χ1v) is 9.44. The summed E-state index contributed by atoms with van der Waals surface area (Å²) < 4.78 is 10.7. The highest BCUT2D eigenvalue weighted by atomic mass is 35.5. The molecular formula is C21H21ClN2O5. The molecule has 1 fully saturated rings. The van der Waals surface area contributed by atoms with E-state index >= 15 is 0 Å². The van der Waals surface area contributed by atoms with Crippen LogP contribution < -0.4 is 9.47 Å². The number of methoxy groups -OCH3 is 2. The molecule has 0 unspecified atom stereocenters. The lowest BCUT2D eigenvalue weighted by atomic mass is 10.1. The number of halogens is 1. The van der Waals surface area contributed by atoms with E-state index in [4.69, 9.17) is 21.1 Å². The number of nitro benzene ring substituents is 1. The maximum Gasteiger partial charge on any atom is 0.288 e. The van der Waals surface area contributed by atoms with Crippen molar-refractivity contribution in [2.24, 2.45) is 0 Å². The van der Waals surface area contributed by atoms with Gasteiger partial charge in [-0.15, -0.1) is 0 Å². The molecule has 0 aliphatic heterocycles. The fourth-order valence-electron chi connectivity index (χ4n) is 3.00. The van der Waals surface area contributed by atoms with Gasteiger partial charge in [-0.25, -0.2) is 0 Å². The van der Waals surface area contributed by atoms with Crippen LogP contribution in [0.2, 0.25) is 5.02 Å². The van der Waals surface area contributed by atoms with E-state index in [2.05, 4.69) is 0 Å². The van der Waals surface area contributed by atoms with Gasteiger partial charge in [0.1, 0.15) is 16.5 Å². The third-order valence-corrected chi connectivity index (χ3v) is 5.00. The van der Waals surface area contributed by atoms with Gasteiger partial charge in [0.05, 0.1) is 25.7 Å². The largest absolute Gasteiger partial charge is 0.497 e. The standard InChI is InChI=1S/C21H21ClN2O5/c1-28-17-7-9-20(29-2)15(12-17)13-23(16-5-6-16)21(25)10-4-14-3-8-18(22)19(11-14)24(26)27/h3-4,7-12,16H,5-6,13H2,1-2H3/b10-4+. The fourth-order valence-corrected chi connectivity index (χ4v) is 3.19. The van der Waals surface area contributed by atoms with Crippen molar-refractivity contribution >= 4 is 29.3 Å². The maximum atomic E-state index is 12.8. The molecule has 0 bridgehead atoms. The summed E-state index contributed by atoms with van der Waals surface area (Å²) in [6.07, 6.45) is 4.87. The minimum Gasteiger partial charge on any atom is -0.497 e. The highest BCUT2D eigenvalue weighted by Crippen LogP contribution is 2.32. The van der Waals surface area contributed by atoms with Crippen LogP contribution in [0.1, 0.15) is 24.0 Å². The van der Waals surface area contributed by atoms with Crippen LogP contribution in [0.25, 0.3) is 6.08 Å². The number of nitro groups is 1. The molecule has 0 saturated heterocycles. The van der Waals surface area contributed by atoms with Crippen molar-refractivity contribution in [2.45, 2.75) is 25.4 Å². The average Bonchev–Trinajstić information content (AvgIpc) is 3.55. The third-order valence-electron chi connectivity index (χ3n) is 4.68. The number of carbonyl (C=O) groups is 1. The molecule has 2 aromatic carbocycles. The van der Waals surface area contributed by atoms with E-state index in [9.17, 15) is 14.9 Å². The summed E-state index contributed by atoms with van der Waals surface area (Å²) in [5.74, 6) is 1.20. The lowest BCUT2D eigenvalue weighted by Crippen LogP contribution is -2.31. The zero-order chi connectivity index (χ0) is 21.0. The number of carbonyl (C=O) groups excluding carboxylic acids is 1. The number of benzene rings is 2. The number of hydrogen-bond acceptors (Lipinski definition) is 5. The van der Waals surface area contributed by atoms with Crippen molar-refractivity contribution in [2.75, 3.05) is 14.2 Å². The van der Waals surface area contributed by atoms with Gasteiger partial charge in [-0.05, 0) is 48.7 Å². The Bertz CT molecular complexity index is 956. The molecule has 3 rings (SSSR count). The van der Waals surface area contributed by atoms with Gasteiger partial charge in [-0.1, -0.05) is 17.7 Å². The lowest BCUT2D eigenvalue weighted by Gasteiger charge is -2.22. The quantitative estimate of drug-likeness (QED) is 0.360. The number of nitrogens with zero attached hydrogens (tertiary/aromatic N) is 2. The molecule has 1 saturated carbocycles. The second-order valence-electron chi connectivity index (χ2n) is 6.68. The summed E-state index contributed by atoms with van der Waals surface area (Å²) in [5, 5.41) is 11.1. The van der Waals surface area contributed by atoms with E-state index < -0.39 is 4.92 Å². The first kappa shape index (κ1) is 20.7. The summed E-state index contributed by atoms with van der Waals surface area (Å²) in [7, 11) is 3.17. The predicted octanol–water partition coefficient (Wildman–Crippen LogP) is 4.47. The Morgan fingerprint density at radius 3 is 2.62 bits per heavy atom. The molecule has 0 atom stereocenters. The van der Waals surface area contributed by atoms with Gasteiger partial charge >= 0.3 is 0 Å². The summed E-state index contributed by atoms with van der Waals surface area (Å²) in [5.41, 5.74) is 1.19. The van der Waals surface area contributed by atoms with Crippen LogP contribution in [0.3, 0.4) is 0 Å². The molecule has 0 radical (unpaired) electrons. The molecular weight excluding hydrogens is 396 g/mol. The van der Waals surface area contributed by atoms with Gasteiger partial charge < -0.3 is 14.4 Å². The molecule has 8 heteroatoms. The van der Waals surface area contributed by atoms with E-state index in [0.717, 1.165) is 18.4 Å². The topological polar surface area (TPSA) is 81.9 Å². The molecule has 152 valence electrons. The smallest absolute Gasteiger partial charge is 0.288 e. The molecule has 1 aliphatic carbocycles. The molecule has 0 aromatic heterocycles. The summed E-state index contributed by atoms with van der Waals surface area (Å²) in [6.45, 7) is 0.384. The van der Waals surface area contributed by atoms with E-state index in [0.29, 0.717) is 23.6 Å². The van der Waals surface area contributed by atoms with Crippen molar-refractivity contribution in [3.05, 3.63) is 68.7 Å². The Hall–Kier alpha value is -3.06. The first-order valence-electron chi connectivity index (χ1n) is 9.06. The van der Waals surface area contributed by atoms with Gasteiger partial charge in [0.2, 0.25) is 5.91 Å². The van der Waals surface area contributed by atoms with Crippen LogP contribution in [0.15, 0.2) is 42.5 Å². The van der Waals surface area contributed by atoms with E-state index in [1.807, 2.05) is 12.1 Å². The van der Waals surface area contributed by atoms with Crippen molar-refractivity contribution in [3.8, 4) is 11.5 Å². The van der Waals surface area contributed by atoms with E-state index in [1.165, 1.54) is 18.2 Å². The summed E-state index contributed by atoms with van der Waals surface area (Å²) in [6, 6.07) is 10.1. The van der Waals surface area contributed by atoms with Gasteiger partial charge in [0.15, 0.2) is 0 Å². The first-order chi connectivity index (χ1) is 13.9. The van der Waals surface area contributed by atoms with E-state index in [-0.39, 0.29) is 22.7 Å². The fraction of sp³-hybridized carbons (Fsp3) is 0.286. The van der Waals surface area contributed by atoms with Crippen LogP contribution in [0.4, 0.5) is 5.69 Å². The van der Waals surface area contributed by atoms with Crippen molar-refractivity contribution in [1.82, 2.24) is 4.90 Å². The predicted molar refractivity (Wildman–Crippen MR) is 110 cm³/mol. The Balaban J connectivity index is 1.80. The second-order valence-corrected chi connectivity index (χ2v) is 7.08. The molecule has 0 spiro atoms. The SMILES string of the molecule is COc1ccc(OC)c(CN(C(=O)/C=C/c2ccc(Cl)c([N+](=O)[O-])c2)C2CC2)c1. The molecule has 1 aliphatic rings. The van der Waals surface area contributed by atoms with Crippen LogP contribution in [0.5, 0.6) is 11.5 Å². The molecule has 0 heterocycles. The second kappa shape index (κ2) is 8.96. The maximum absolute atomic E-state index is 12.8. The zero-order valence-electron chi connectivity index (χ0n) is 16.1. The van der Waals surface area contributed by atoms with Crippen LogP contribution in [-0.2, 0) is 11.3 Å². The van der Waals surface area contributed by atoms with Crippen molar-refractivity contribution < 1.29 is 19.2 Å². The Morgan fingerprint density at radius 1 is 1.24 bits per heavy atom. The minimum atomic E-state index is -0.549.